The standard InChI is InChI=1S/C35H35ClF2N4O4S2/c1-4-35(19-39-48(44,45)24-9-5-8-22(16-24)34(43)46-3)18-29-31(28-11-6-10-27(40-28)21(2)37)32(25-14-13-23(38)17-26(25)36)41-33(42(29)20-35)30-12-7-15-47-30/h4-9,11,13-17,21,27,30,32,39H,1,10,12,18-20H2,2-3H3/t21?,27?,30?,32-,35?/m0/s1. The average Bonchev–Trinajstić information content (AvgIpc) is 3.76. The first-order chi connectivity index (χ1) is 22.9. The summed E-state index contributed by atoms with van der Waals surface area (Å²) in [7, 11) is -2.82. The third-order valence-corrected chi connectivity index (χ3v) is 11.9. The molecule has 48 heavy (non-hydrogen) atoms. The highest BCUT2D eigenvalue weighted by Gasteiger charge is 2.48. The number of carbonyl (C=O) groups is 1. The number of dihydropyridines is 1. The maximum atomic E-state index is 14.6. The normalized spacial score (nSPS) is 25.9. The van der Waals surface area contributed by atoms with E-state index in [0.717, 1.165) is 18.0 Å². The minimum Gasteiger partial charge on any atom is -0.465 e. The van der Waals surface area contributed by atoms with Crippen molar-refractivity contribution in [2.45, 2.75) is 54.6 Å². The molecule has 0 radical (unpaired) electrons. The average molecular weight is 713 g/mol. The fourth-order valence-corrected chi connectivity index (χ4v) is 8.82. The molecule has 4 aliphatic rings. The number of carbonyl (C=O) groups excluding carboxylic acids is 1. The Morgan fingerprint density at radius 3 is 2.75 bits per heavy atom. The Hall–Kier alpha value is -3.58. The lowest BCUT2D eigenvalue weighted by molar-refractivity contribution is 0.0600. The molecule has 4 aliphatic heterocycles. The zero-order valence-corrected chi connectivity index (χ0v) is 28.8. The van der Waals surface area contributed by atoms with Crippen molar-refractivity contribution in [2.24, 2.45) is 15.4 Å². The quantitative estimate of drug-likeness (QED) is 0.211. The fraction of sp³-hybridized carbons (Fsp3) is 0.343. The highest BCUT2D eigenvalue weighted by molar-refractivity contribution is 8.03. The summed E-state index contributed by atoms with van der Waals surface area (Å²) in [5.41, 5.74) is 2.02. The molecule has 0 aromatic heterocycles. The summed E-state index contributed by atoms with van der Waals surface area (Å²) < 4.78 is 63.5. The summed E-state index contributed by atoms with van der Waals surface area (Å²) in [6.07, 6.45) is 7.94. The lowest BCUT2D eigenvalue weighted by Crippen LogP contribution is -2.43. The molecule has 1 fully saturated rings. The number of ether oxygens (including phenoxy) is 1. The summed E-state index contributed by atoms with van der Waals surface area (Å²) >= 11 is 8.31. The third-order valence-electron chi connectivity index (χ3n) is 9.05. The van der Waals surface area contributed by atoms with Crippen LogP contribution in [0.1, 0.15) is 48.1 Å². The molecule has 4 heterocycles. The Balaban J connectivity index is 1.44. The van der Waals surface area contributed by atoms with Crippen LogP contribution in [0.5, 0.6) is 0 Å². The molecule has 0 spiro atoms. The van der Waals surface area contributed by atoms with Crippen LogP contribution in [0, 0.1) is 11.2 Å². The number of aliphatic imine (C=N–C) groups is 2. The molecule has 4 unspecified atom stereocenters. The molecule has 0 bridgehead atoms. The van der Waals surface area contributed by atoms with Crippen LogP contribution in [0.2, 0.25) is 5.02 Å². The van der Waals surface area contributed by atoms with Gasteiger partial charge in [0.1, 0.15) is 23.9 Å². The minimum absolute atomic E-state index is 0.00761. The van der Waals surface area contributed by atoms with Gasteiger partial charge in [0.15, 0.2) is 0 Å². The Labute approximate surface area is 288 Å². The number of halogens is 3. The zero-order chi connectivity index (χ0) is 34.2. The zero-order valence-electron chi connectivity index (χ0n) is 26.4. The van der Waals surface area contributed by atoms with Crippen LogP contribution in [-0.2, 0) is 14.8 Å². The van der Waals surface area contributed by atoms with Crippen molar-refractivity contribution in [2.75, 3.05) is 20.2 Å². The van der Waals surface area contributed by atoms with E-state index in [1.54, 1.807) is 23.9 Å². The van der Waals surface area contributed by atoms with Crippen LogP contribution in [0.4, 0.5) is 8.78 Å². The summed E-state index contributed by atoms with van der Waals surface area (Å²) in [6, 6.07) is 8.61. The highest BCUT2D eigenvalue weighted by Crippen LogP contribution is 2.49. The maximum Gasteiger partial charge on any atom is 0.337 e. The number of nitrogens with zero attached hydrogens (tertiary/aromatic N) is 3. The summed E-state index contributed by atoms with van der Waals surface area (Å²) in [5.74, 6) is -0.345. The number of benzene rings is 2. The second-order valence-electron chi connectivity index (χ2n) is 12.2. The van der Waals surface area contributed by atoms with Gasteiger partial charge in [-0.25, -0.2) is 26.7 Å². The van der Waals surface area contributed by atoms with Gasteiger partial charge < -0.3 is 9.64 Å². The number of nitrogens with one attached hydrogen (secondary N) is 1. The minimum atomic E-state index is -4.05. The van der Waals surface area contributed by atoms with Gasteiger partial charge in [-0.3, -0.25) is 9.98 Å². The van der Waals surface area contributed by atoms with E-state index in [9.17, 15) is 22.0 Å². The van der Waals surface area contributed by atoms with Crippen LogP contribution in [0.3, 0.4) is 0 Å². The number of hydrogen-bond donors (Lipinski definition) is 1. The molecule has 2 aromatic rings. The van der Waals surface area contributed by atoms with Crippen molar-refractivity contribution in [3.8, 4) is 0 Å². The van der Waals surface area contributed by atoms with Crippen molar-refractivity contribution in [3.63, 3.8) is 0 Å². The Kier molecular flexibility index (Phi) is 9.81. The van der Waals surface area contributed by atoms with Gasteiger partial charge in [0, 0.05) is 46.8 Å². The van der Waals surface area contributed by atoms with E-state index in [1.807, 2.05) is 17.6 Å². The first-order valence-corrected chi connectivity index (χ1v) is 18.3. The molecule has 0 saturated carbocycles. The molecule has 13 heteroatoms. The smallest absolute Gasteiger partial charge is 0.337 e. The van der Waals surface area contributed by atoms with Gasteiger partial charge in [-0.15, -0.1) is 18.3 Å². The van der Waals surface area contributed by atoms with Crippen molar-refractivity contribution in [3.05, 3.63) is 112 Å². The maximum absolute atomic E-state index is 14.6. The molecule has 5 atom stereocenters. The lowest BCUT2D eigenvalue weighted by atomic mass is 9.84. The number of allylic oxidation sites excluding steroid dienone is 3. The summed E-state index contributed by atoms with van der Waals surface area (Å²) in [4.78, 5) is 24.2. The second-order valence-corrected chi connectivity index (χ2v) is 15.5. The Morgan fingerprint density at radius 1 is 1.25 bits per heavy atom. The van der Waals surface area contributed by atoms with E-state index in [4.69, 9.17) is 26.3 Å². The first kappa shape index (κ1) is 34.3. The third kappa shape index (κ3) is 6.67. The van der Waals surface area contributed by atoms with Crippen LogP contribution >= 0.6 is 23.4 Å². The van der Waals surface area contributed by atoms with Crippen molar-refractivity contribution < 1.29 is 26.7 Å². The van der Waals surface area contributed by atoms with Gasteiger partial charge in [-0.2, -0.15) is 0 Å². The number of hydrogen-bond acceptors (Lipinski definition) is 8. The SMILES string of the molecule is C=CC1(CNS(=O)(=O)c2cccc(C(=O)OC)c2)CC2=C(C3=NC(C(C)F)CC=C3)[C@H](c3ccc(F)cc3Cl)N=C(C3CC=CS3)N2C1. The predicted octanol–water partition coefficient (Wildman–Crippen LogP) is 6.98. The van der Waals surface area contributed by atoms with Crippen molar-refractivity contribution in [1.29, 1.82) is 0 Å². The number of methoxy groups -OCH3 is 1. The summed E-state index contributed by atoms with van der Waals surface area (Å²) in [5, 5.41) is 2.21. The van der Waals surface area contributed by atoms with Gasteiger partial charge in [0.2, 0.25) is 10.0 Å². The van der Waals surface area contributed by atoms with Crippen LogP contribution < -0.4 is 4.72 Å². The molecular weight excluding hydrogens is 678 g/mol. The van der Waals surface area contributed by atoms with E-state index in [-0.39, 0.29) is 27.3 Å². The van der Waals surface area contributed by atoms with Crippen LogP contribution in [0.25, 0.3) is 0 Å². The Bertz CT molecular complexity index is 1900. The van der Waals surface area contributed by atoms with Crippen molar-refractivity contribution in [1.82, 2.24) is 9.62 Å². The number of rotatable bonds is 10. The van der Waals surface area contributed by atoms with Gasteiger partial charge >= 0.3 is 5.97 Å². The van der Waals surface area contributed by atoms with E-state index in [1.165, 1.54) is 50.4 Å². The Morgan fingerprint density at radius 2 is 2.06 bits per heavy atom. The van der Waals surface area contributed by atoms with Crippen LogP contribution in [0.15, 0.2) is 105 Å². The molecule has 0 aliphatic carbocycles. The number of amidine groups is 1. The molecule has 8 nitrogen and oxygen atoms in total. The number of esters is 1. The van der Waals surface area contributed by atoms with E-state index in [2.05, 4.69) is 22.3 Å². The van der Waals surface area contributed by atoms with E-state index >= 15 is 0 Å². The predicted molar refractivity (Wildman–Crippen MR) is 186 cm³/mol. The molecular formula is C35H35ClF2N4O4S2. The van der Waals surface area contributed by atoms with Gasteiger partial charge in [0.05, 0.1) is 34.6 Å². The molecule has 1 saturated heterocycles. The first-order valence-electron chi connectivity index (χ1n) is 15.5. The van der Waals surface area contributed by atoms with E-state index in [0.29, 0.717) is 36.2 Å². The monoisotopic (exact) mass is 712 g/mol. The molecule has 252 valence electrons. The van der Waals surface area contributed by atoms with Gasteiger partial charge in [-0.05, 0) is 61.6 Å². The highest BCUT2D eigenvalue weighted by atomic mass is 35.5. The number of alkyl halides is 1. The molecule has 6 rings (SSSR count). The largest absolute Gasteiger partial charge is 0.465 e. The molecule has 2 aromatic carbocycles. The van der Waals surface area contributed by atoms with Gasteiger partial charge in [0.25, 0.3) is 0 Å². The van der Waals surface area contributed by atoms with Crippen LogP contribution in [-0.4, -0.2) is 68.5 Å². The fourth-order valence-electron chi connectivity index (χ4n) is 6.42. The second kappa shape index (κ2) is 13.7. The number of thioether (sulfide) groups is 1. The molecule has 0 amide bonds. The lowest BCUT2D eigenvalue weighted by Gasteiger charge is -2.36. The summed E-state index contributed by atoms with van der Waals surface area (Å²) in [6.45, 7) is 5.97. The molecule has 1 N–H and O–H groups in total. The van der Waals surface area contributed by atoms with Gasteiger partial charge in [-0.1, -0.05) is 42.0 Å². The van der Waals surface area contributed by atoms with E-state index < -0.39 is 45.5 Å². The number of sulfonamides is 1. The number of fused-ring (bicyclic) bond motifs is 1. The topological polar surface area (TPSA) is 100 Å². The van der Waals surface area contributed by atoms with Crippen molar-refractivity contribution >= 4 is 50.9 Å².